The Morgan fingerprint density at radius 3 is 2.38 bits per heavy atom. The molecule has 0 bridgehead atoms. The maximum atomic E-state index is 12.3. The van der Waals surface area contributed by atoms with Crippen LogP contribution in [0.2, 0.25) is 10.0 Å². The van der Waals surface area contributed by atoms with E-state index in [1.54, 1.807) is 42.5 Å². The van der Waals surface area contributed by atoms with E-state index in [0.717, 1.165) is 5.56 Å². The largest absolute Gasteiger partial charge is 0.423 e. The van der Waals surface area contributed by atoms with Gasteiger partial charge in [-0.15, -0.1) is 0 Å². The number of nitrogens with one attached hydrogen (secondary N) is 2. The minimum atomic E-state index is -0.985. The fourth-order valence-corrected chi connectivity index (χ4v) is 2.91. The quantitative estimate of drug-likeness (QED) is 0.187. The number of benzene rings is 3. The molecule has 0 aliphatic heterocycles. The van der Waals surface area contributed by atoms with Gasteiger partial charge in [0.05, 0.1) is 22.5 Å². The highest BCUT2D eigenvalue weighted by molar-refractivity contribution is 6.42. The first-order chi connectivity index (χ1) is 15.3. The van der Waals surface area contributed by atoms with E-state index in [0.29, 0.717) is 21.9 Å². The molecule has 3 aromatic rings. The van der Waals surface area contributed by atoms with Gasteiger partial charge in [-0.2, -0.15) is 5.10 Å². The second-order valence-electron chi connectivity index (χ2n) is 6.55. The molecule has 9 heteroatoms. The van der Waals surface area contributed by atoms with Crippen molar-refractivity contribution in [3.63, 3.8) is 0 Å². The van der Waals surface area contributed by atoms with Gasteiger partial charge in [-0.25, -0.2) is 10.2 Å². The van der Waals surface area contributed by atoms with Gasteiger partial charge in [0.1, 0.15) is 5.75 Å². The van der Waals surface area contributed by atoms with Gasteiger partial charge in [0, 0.05) is 5.02 Å². The molecular formula is C23H17Cl2N3O4. The molecule has 0 aliphatic rings. The van der Waals surface area contributed by atoms with Crippen LogP contribution in [0, 0.1) is 6.92 Å². The first-order valence-electron chi connectivity index (χ1n) is 9.31. The molecule has 3 aromatic carbocycles. The number of esters is 1. The van der Waals surface area contributed by atoms with Crippen LogP contribution in [0.1, 0.15) is 21.5 Å². The van der Waals surface area contributed by atoms with Crippen LogP contribution in [0.15, 0.2) is 71.8 Å². The summed E-state index contributed by atoms with van der Waals surface area (Å²) in [7, 11) is 0. The Balaban J connectivity index is 1.53. The van der Waals surface area contributed by atoms with Gasteiger partial charge in [-0.1, -0.05) is 41.4 Å². The SMILES string of the molecule is Cc1ccccc1C(=O)Oc1ccc(C=NNC(=O)C(=O)Nc2cc(Cl)ccc2Cl)cc1. The number of rotatable bonds is 5. The smallest absolute Gasteiger partial charge is 0.343 e. The molecule has 162 valence electrons. The van der Waals surface area contributed by atoms with Crippen molar-refractivity contribution in [2.45, 2.75) is 6.92 Å². The summed E-state index contributed by atoms with van der Waals surface area (Å²) >= 11 is 11.8. The van der Waals surface area contributed by atoms with Gasteiger partial charge in [0.15, 0.2) is 0 Å². The molecule has 0 radical (unpaired) electrons. The van der Waals surface area contributed by atoms with Crippen molar-refractivity contribution in [3.8, 4) is 5.75 Å². The Bertz CT molecular complexity index is 1190. The van der Waals surface area contributed by atoms with Gasteiger partial charge < -0.3 is 10.1 Å². The Morgan fingerprint density at radius 1 is 0.938 bits per heavy atom. The zero-order chi connectivity index (χ0) is 23.1. The Kier molecular flexibility index (Phi) is 7.59. The molecule has 3 rings (SSSR count). The number of anilines is 1. The highest BCUT2D eigenvalue weighted by atomic mass is 35.5. The maximum absolute atomic E-state index is 12.3. The molecule has 0 saturated carbocycles. The van der Waals surface area contributed by atoms with E-state index in [2.05, 4.69) is 15.8 Å². The average Bonchev–Trinajstić information content (AvgIpc) is 2.77. The third kappa shape index (κ3) is 6.16. The lowest BCUT2D eigenvalue weighted by molar-refractivity contribution is -0.136. The monoisotopic (exact) mass is 469 g/mol. The normalized spacial score (nSPS) is 10.6. The molecule has 0 heterocycles. The van der Waals surface area contributed by atoms with E-state index in [-0.39, 0.29) is 10.7 Å². The van der Waals surface area contributed by atoms with Crippen LogP contribution in [0.3, 0.4) is 0 Å². The molecule has 0 saturated heterocycles. The molecule has 32 heavy (non-hydrogen) atoms. The predicted octanol–water partition coefficient (Wildman–Crippen LogP) is 4.61. The highest BCUT2D eigenvalue weighted by Gasteiger charge is 2.15. The Labute approximate surface area is 194 Å². The minimum Gasteiger partial charge on any atom is -0.423 e. The summed E-state index contributed by atoms with van der Waals surface area (Å²) in [4.78, 5) is 36.1. The van der Waals surface area contributed by atoms with Crippen molar-refractivity contribution >= 4 is 52.9 Å². The molecule has 0 spiro atoms. The van der Waals surface area contributed by atoms with Gasteiger partial charge in [-0.05, 0) is 66.6 Å². The van der Waals surface area contributed by atoms with E-state index in [9.17, 15) is 14.4 Å². The van der Waals surface area contributed by atoms with Crippen molar-refractivity contribution in [1.29, 1.82) is 0 Å². The number of carbonyl (C=O) groups excluding carboxylic acids is 3. The second-order valence-corrected chi connectivity index (χ2v) is 7.39. The lowest BCUT2D eigenvalue weighted by Crippen LogP contribution is -2.32. The molecule has 2 amide bonds. The van der Waals surface area contributed by atoms with Crippen LogP contribution in [0.4, 0.5) is 5.69 Å². The molecule has 0 aromatic heterocycles. The lowest BCUT2D eigenvalue weighted by atomic mass is 10.1. The summed E-state index contributed by atoms with van der Waals surface area (Å²) in [6.07, 6.45) is 1.34. The third-order valence-electron chi connectivity index (χ3n) is 4.22. The molecule has 0 atom stereocenters. The van der Waals surface area contributed by atoms with Crippen LogP contribution in [0.25, 0.3) is 0 Å². The van der Waals surface area contributed by atoms with Gasteiger partial charge >= 0.3 is 17.8 Å². The first kappa shape index (κ1) is 23.0. The van der Waals surface area contributed by atoms with E-state index >= 15 is 0 Å². The number of aryl methyl sites for hydroxylation is 1. The predicted molar refractivity (Wildman–Crippen MR) is 123 cm³/mol. The summed E-state index contributed by atoms with van der Waals surface area (Å²) in [5, 5.41) is 6.69. The summed E-state index contributed by atoms with van der Waals surface area (Å²) in [6.45, 7) is 1.83. The summed E-state index contributed by atoms with van der Waals surface area (Å²) in [6, 6.07) is 18.1. The molecule has 7 nitrogen and oxygen atoms in total. The number of amides is 2. The van der Waals surface area contributed by atoms with Crippen molar-refractivity contribution in [2.24, 2.45) is 5.10 Å². The number of halogens is 2. The topological polar surface area (TPSA) is 96.9 Å². The standard InChI is InChI=1S/C23H17Cl2N3O4/c1-14-4-2-3-5-18(14)23(31)32-17-9-6-15(7-10-17)13-26-28-22(30)21(29)27-20-12-16(24)8-11-19(20)25/h2-13H,1H3,(H,27,29)(H,28,30). The number of hydrogen-bond acceptors (Lipinski definition) is 5. The first-order valence-corrected chi connectivity index (χ1v) is 10.1. The fourth-order valence-electron chi connectivity index (χ4n) is 2.57. The minimum absolute atomic E-state index is 0.208. The van der Waals surface area contributed by atoms with Crippen molar-refractivity contribution in [3.05, 3.63) is 93.5 Å². The average molecular weight is 470 g/mol. The van der Waals surface area contributed by atoms with E-state index in [1.165, 1.54) is 18.3 Å². The van der Waals surface area contributed by atoms with Crippen molar-refractivity contribution < 1.29 is 19.1 Å². The van der Waals surface area contributed by atoms with E-state index < -0.39 is 17.8 Å². The van der Waals surface area contributed by atoms with Crippen LogP contribution in [-0.2, 0) is 9.59 Å². The molecule has 2 N–H and O–H groups in total. The van der Waals surface area contributed by atoms with Gasteiger partial charge in [0.25, 0.3) is 0 Å². The van der Waals surface area contributed by atoms with Gasteiger partial charge in [0.2, 0.25) is 0 Å². The van der Waals surface area contributed by atoms with Crippen LogP contribution >= 0.6 is 23.2 Å². The Hall–Kier alpha value is -3.68. The molecular weight excluding hydrogens is 453 g/mol. The number of ether oxygens (including phenoxy) is 1. The highest BCUT2D eigenvalue weighted by Crippen LogP contribution is 2.25. The number of hydrogen-bond donors (Lipinski definition) is 2. The number of hydrazone groups is 1. The molecule has 0 unspecified atom stereocenters. The van der Waals surface area contributed by atoms with Crippen LogP contribution in [-0.4, -0.2) is 24.0 Å². The summed E-state index contributed by atoms with van der Waals surface area (Å²) in [5.74, 6) is -2.04. The van der Waals surface area contributed by atoms with E-state index in [1.807, 2.05) is 19.1 Å². The Morgan fingerprint density at radius 2 is 1.66 bits per heavy atom. The zero-order valence-corrected chi connectivity index (χ0v) is 18.3. The maximum Gasteiger partial charge on any atom is 0.343 e. The third-order valence-corrected chi connectivity index (χ3v) is 4.78. The second kappa shape index (κ2) is 10.6. The van der Waals surface area contributed by atoms with Crippen molar-refractivity contribution in [1.82, 2.24) is 5.43 Å². The van der Waals surface area contributed by atoms with Crippen LogP contribution < -0.4 is 15.5 Å². The number of nitrogens with zero attached hydrogens (tertiary/aromatic N) is 1. The summed E-state index contributed by atoms with van der Waals surface area (Å²) in [5.41, 5.74) is 4.24. The number of carbonyl (C=O) groups is 3. The lowest BCUT2D eigenvalue weighted by Gasteiger charge is -2.07. The fraction of sp³-hybridized carbons (Fsp3) is 0.0435. The van der Waals surface area contributed by atoms with Crippen molar-refractivity contribution in [2.75, 3.05) is 5.32 Å². The summed E-state index contributed by atoms with van der Waals surface area (Å²) < 4.78 is 5.36. The van der Waals surface area contributed by atoms with Crippen LogP contribution in [0.5, 0.6) is 5.75 Å². The molecule has 0 aliphatic carbocycles. The van der Waals surface area contributed by atoms with Gasteiger partial charge in [-0.3, -0.25) is 9.59 Å². The molecule has 0 fully saturated rings. The zero-order valence-electron chi connectivity index (χ0n) is 16.8. The van der Waals surface area contributed by atoms with E-state index in [4.69, 9.17) is 27.9 Å².